The van der Waals surface area contributed by atoms with Crippen LogP contribution in [0.3, 0.4) is 0 Å². The van der Waals surface area contributed by atoms with Crippen LogP contribution in [0.4, 0.5) is 17.2 Å². The van der Waals surface area contributed by atoms with Crippen LogP contribution in [0.1, 0.15) is 16.7 Å². The van der Waals surface area contributed by atoms with Gasteiger partial charge in [0.2, 0.25) is 5.91 Å². The third kappa shape index (κ3) is 5.42. The zero-order valence-corrected chi connectivity index (χ0v) is 20.7. The van der Waals surface area contributed by atoms with Crippen molar-refractivity contribution in [1.29, 1.82) is 0 Å². The quantitative estimate of drug-likeness (QED) is 0.493. The molecular weight excluding hydrogens is 454 g/mol. The number of hydrogen-bond acceptors (Lipinski definition) is 6. The third-order valence-corrected chi connectivity index (χ3v) is 7.40. The van der Waals surface area contributed by atoms with Crippen LogP contribution in [0.15, 0.2) is 53.8 Å². The lowest BCUT2D eigenvalue weighted by molar-refractivity contribution is -0.113. The summed E-state index contributed by atoms with van der Waals surface area (Å²) in [6.07, 6.45) is 3.39. The van der Waals surface area contributed by atoms with E-state index >= 15 is 0 Å². The van der Waals surface area contributed by atoms with Crippen LogP contribution in [0, 0.1) is 20.8 Å². The molecule has 33 heavy (non-hydrogen) atoms. The number of hydrogen-bond donors (Lipinski definition) is 1. The summed E-state index contributed by atoms with van der Waals surface area (Å²) in [5.41, 5.74) is 5.54. The highest BCUT2D eigenvalue weighted by Gasteiger charge is 2.22. The zero-order chi connectivity index (χ0) is 23.4. The second-order valence-corrected chi connectivity index (χ2v) is 9.50. The van der Waals surface area contributed by atoms with E-state index in [1.54, 1.807) is 12.4 Å². The molecule has 2 aromatic carbocycles. The number of halogens is 1. The Kier molecular flexibility index (Phi) is 7.40. The van der Waals surface area contributed by atoms with Crippen molar-refractivity contribution in [1.82, 2.24) is 9.97 Å². The number of carbonyl (C=O) groups is 1. The van der Waals surface area contributed by atoms with Crippen LogP contribution in [-0.4, -0.2) is 47.8 Å². The predicted octanol–water partition coefficient (Wildman–Crippen LogP) is 5.11. The lowest BCUT2D eigenvalue weighted by Gasteiger charge is -2.37. The Morgan fingerprint density at radius 2 is 1.67 bits per heavy atom. The molecule has 1 saturated heterocycles. The molecule has 0 aliphatic carbocycles. The molecule has 0 spiro atoms. The fourth-order valence-electron chi connectivity index (χ4n) is 3.94. The van der Waals surface area contributed by atoms with E-state index in [4.69, 9.17) is 11.6 Å². The lowest BCUT2D eigenvalue weighted by Crippen LogP contribution is -2.47. The minimum Gasteiger partial charge on any atom is -0.368 e. The Morgan fingerprint density at radius 3 is 2.45 bits per heavy atom. The van der Waals surface area contributed by atoms with E-state index in [9.17, 15) is 4.79 Å². The zero-order valence-electron chi connectivity index (χ0n) is 19.1. The number of anilines is 3. The van der Waals surface area contributed by atoms with Gasteiger partial charge in [0, 0.05) is 55.0 Å². The van der Waals surface area contributed by atoms with E-state index in [2.05, 4.69) is 57.1 Å². The topological polar surface area (TPSA) is 61.4 Å². The highest BCUT2D eigenvalue weighted by molar-refractivity contribution is 8.00. The number of rotatable bonds is 6. The molecule has 172 valence electrons. The van der Waals surface area contributed by atoms with Crippen LogP contribution < -0.4 is 15.1 Å². The minimum atomic E-state index is -0.0956. The summed E-state index contributed by atoms with van der Waals surface area (Å²) in [4.78, 5) is 26.4. The predicted molar refractivity (Wildman–Crippen MR) is 138 cm³/mol. The van der Waals surface area contributed by atoms with Gasteiger partial charge in [-0.25, -0.2) is 9.97 Å². The van der Waals surface area contributed by atoms with Crippen molar-refractivity contribution >= 4 is 46.5 Å². The van der Waals surface area contributed by atoms with Crippen molar-refractivity contribution in [2.24, 2.45) is 0 Å². The molecular formula is C25H28ClN5OS. The molecule has 1 fully saturated rings. The molecule has 0 saturated carbocycles. The highest BCUT2D eigenvalue weighted by atomic mass is 35.5. The molecule has 2 heterocycles. The molecule has 1 aliphatic heterocycles. The molecule has 1 aliphatic rings. The van der Waals surface area contributed by atoms with E-state index in [0.717, 1.165) is 48.3 Å². The van der Waals surface area contributed by atoms with Gasteiger partial charge in [0.15, 0.2) is 5.82 Å². The Bertz CT molecular complexity index is 1150. The largest absolute Gasteiger partial charge is 0.368 e. The molecule has 3 aromatic rings. The van der Waals surface area contributed by atoms with Crippen LogP contribution in [-0.2, 0) is 4.79 Å². The van der Waals surface area contributed by atoms with Gasteiger partial charge in [0.25, 0.3) is 0 Å². The van der Waals surface area contributed by atoms with Gasteiger partial charge in [-0.15, -0.1) is 0 Å². The third-order valence-electron chi connectivity index (χ3n) is 6.02. The van der Waals surface area contributed by atoms with Crippen LogP contribution in [0.2, 0.25) is 5.02 Å². The molecule has 1 aromatic heterocycles. The van der Waals surface area contributed by atoms with Gasteiger partial charge in [-0.2, -0.15) is 0 Å². The van der Waals surface area contributed by atoms with Crippen molar-refractivity contribution in [2.45, 2.75) is 25.8 Å². The molecule has 8 heteroatoms. The molecule has 0 bridgehead atoms. The average Bonchev–Trinajstić information content (AvgIpc) is 2.83. The van der Waals surface area contributed by atoms with E-state index in [1.807, 2.05) is 25.1 Å². The highest BCUT2D eigenvalue weighted by Crippen LogP contribution is 2.29. The van der Waals surface area contributed by atoms with Crippen molar-refractivity contribution in [3.05, 3.63) is 70.5 Å². The number of nitrogens with zero attached hydrogens (tertiary/aromatic N) is 4. The minimum absolute atomic E-state index is 0.0956. The molecule has 0 unspecified atom stereocenters. The maximum absolute atomic E-state index is 12.6. The smallest absolute Gasteiger partial charge is 0.234 e. The molecule has 1 amide bonds. The number of aromatic nitrogens is 2. The van der Waals surface area contributed by atoms with Gasteiger partial charge >= 0.3 is 0 Å². The number of benzene rings is 2. The van der Waals surface area contributed by atoms with Crippen LogP contribution in [0.25, 0.3) is 0 Å². The monoisotopic (exact) mass is 481 g/mol. The van der Waals surface area contributed by atoms with Crippen LogP contribution in [0.5, 0.6) is 0 Å². The first-order chi connectivity index (χ1) is 15.9. The molecule has 0 atom stereocenters. The van der Waals surface area contributed by atoms with Crippen molar-refractivity contribution in [3.8, 4) is 0 Å². The maximum atomic E-state index is 12.6. The number of amides is 1. The number of aryl methyl sites for hydroxylation is 1. The lowest BCUT2D eigenvalue weighted by atomic mass is 10.1. The van der Waals surface area contributed by atoms with Gasteiger partial charge in [-0.3, -0.25) is 4.79 Å². The fraction of sp³-hybridized carbons (Fsp3) is 0.320. The summed E-state index contributed by atoms with van der Waals surface area (Å²) in [7, 11) is 0. The molecule has 1 N–H and O–H groups in total. The Morgan fingerprint density at radius 1 is 0.970 bits per heavy atom. The molecule has 4 rings (SSSR count). The first-order valence-corrected chi connectivity index (χ1v) is 12.4. The van der Waals surface area contributed by atoms with E-state index in [-0.39, 0.29) is 11.7 Å². The summed E-state index contributed by atoms with van der Waals surface area (Å²) >= 11 is 7.56. The normalized spacial score (nSPS) is 13.8. The Balaban J connectivity index is 1.38. The van der Waals surface area contributed by atoms with Gasteiger partial charge in [-0.05, 0) is 55.7 Å². The summed E-state index contributed by atoms with van der Waals surface area (Å²) in [6, 6.07) is 12.0. The summed E-state index contributed by atoms with van der Waals surface area (Å²) in [5.74, 6) is 0.997. The van der Waals surface area contributed by atoms with Gasteiger partial charge < -0.3 is 15.1 Å². The van der Waals surface area contributed by atoms with Gasteiger partial charge in [-0.1, -0.05) is 41.6 Å². The number of piperazine rings is 1. The van der Waals surface area contributed by atoms with Crippen LogP contribution >= 0.6 is 23.4 Å². The molecule has 6 nitrogen and oxygen atoms in total. The Hall–Kier alpha value is -2.77. The number of nitrogens with one attached hydrogen (secondary N) is 1. The second-order valence-electron chi connectivity index (χ2n) is 8.13. The van der Waals surface area contributed by atoms with E-state index in [0.29, 0.717) is 5.02 Å². The van der Waals surface area contributed by atoms with Crippen molar-refractivity contribution in [2.75, 3.05) is 47.0 Å². The standard InChI is InChI=1S/C25H28ClN5OS/c1-17-6-4-9-22(18(17)2)30-12-14-31(15-13-30)24-25(28-11-10-27-24)33-16-23(32)29-21-8-5-7-20(26)19(21)3/h4-11H,12-16H2,1-3H3,(H,29,32). The number of thioether (sulfide) groups is 1. The van der Waals surface area contributed by atoms with Crippen molar-refractivity contribution in [3.63, 3.8) is 0 Å². The van der Waals surface area contributed by atoms with Gasteiger partial charge in [0.05, 0.1) is 5.75 Å². The maximum Gasteiger partial charge on any atom is 0.234 e. The Labute approximate surface area is 204 Å². The summed E-state index contributed by atoms with van der Waals surface area (Å²) in [6.45, 7) is 9.77. The fourth-order valence-corrected chi connectivity index (χ4v) is 4.90. The van der Waals surface area contributed by atoms with Crippen molar-refractivity contribution < 1.29 is 4.79 Å². The average molecular weight is 482 g/mol. The number of carbonyl (C=O) groups excluding carboxylic acids is 1. The molecule has 0 radical (unpaired) electrons. The first-order valence-electron chi connectivity index (χ1n) is 11.0. The SMILES string of the molecule is Cc1cccc(N2CCN(c3nccnc3SCC(=O)Nc3cccc(Cl)c3C)CC2)c1C. The first kappa shape index (κ1) is 23.4. The van der Waals surface area contributed by atoms with E-state index in [1.165, 1.54) is 28.6 Å². The van der Waals surface area contributed by atoms with Gasteiger partial charge in [0.1, 0.15) is 5.03 Å². The summed E-state index contributed by atoms with van der Waals surface area (Å²) < 4.78 is 0. The van der Waals surface area contributed by atoms with E-state index < -0.39 is 0 Å². The second kappa shape index (κ2) is 10.4. The summed E-state index contributed by atoms with van der Waals surface area (Å²) in [5, 5.41) is 4.35.